The highest BCUT2D eigenvalue weighted by Crippen LogP contribution is 2.29. The summed E-state index contributed by atoms with van der Waals surface area (Å²) >= 11 is 0. The number of benzene rings is 1. The van der Waals surface area contributed by atoms with E-state index in [-0.39, 0.29) is 22.4 Å². The van der Waals surface area contributed by atoms with Crippen molar-refractivity contribution < 1.29 is 8.78 Å². The minimum atomic E-state index is -0.913. The van der Waals surface area contributed by atoms with Crippen molar-refractivity contribution in [2.75, 3.05) is 17.6 Å². The van der Waals surface area contributed by atoms with Gasteiger partial charge in [0.1, 0.15) is 0 Å². The fourth-order valence-electron chi connectivity index (χ4n) is 1.78. The van der Waals surface area contributed by atoms with Gasteiger partial charge in [-0.15, -0.1) is 0 Å². The van der Waals surface area contributed by atoms with Crippen molar-refractivity contribution in [3.63, 3.8) is 0 Å². The van der Waals surface area contributed by atoms with Crippen LogP contribution in [-0.4, -0.2) is 6.54 Å². The zero-order valence-electron chi connectivity index (χ0n) is 11.3. The molecular formula is C14H20F2N2. The molecule has 1 aromatic carbocycles. The molecule has 3 N–H and O–H groups in total. The van der Waals surface area contributed by atoms with Crippen molar-refractivity contribution in [2.24, 2.45) is 5.41 Å². The maximum absolute atomic E-state index is 13.7. The highest BCUT2D eigenvalue weighted by Gasteiger charge is 2.18. The van der Waals surface area contributed by atoms with Crippen LogP contribution in [0.1, 0.15) is 26.3 Å². The third-order valence-corrected chi connectivity index (χ3v) is 2.76. The van der Waals surface area contributed by atoms with E-state index in [9.17, 15) is 8.78 Å². The predicted molar refractivity (Wildman–Crippen MR) is 72.6 cm³/mol. The van der Waals surface area contributed by atoms with Crippen LogP contribution in [0.3, 0.4) is 0 Å². The van der Waals surface area contributed by atoms with Gasteiger partial charge in [-0.25, -0.2) is 8.78 Å². The molecular weight excluding hydrogens is 234 g/mol. The zero-order valence-corrected chi connectivity index (χ0v) is 11.3. The number of hydrogen-bond donors (Lipinski definition) is 2. The molecule has 18 heavy (non-hydrogen) atoms. The van der Waals surface area contributed by atoms with E-state index in [1.807, 2.05) is 32.9 Å². The lowest BCUT2D eigenvalue weighted by Crippen LogP contribution is -2.22. The summed E-state index contributed by atoms with van der Waals surface area (Å²) in [6.07, 6.45) is 3.93. The molecule has 4 heteroatoms. The van der Waals surface area contributed by atoms with E-state index in [1.54, 1.807) is 0 Å². The van der Waals surface area contributed by atoms with Crippen LogP contribution in [0.15, 0.2) is 18.2 Å². The van der Waals surface area contributed by atoms with Crippen LogP contribution in [0.5, 0.6) is 0 Å². The first-order valence-electron chi connectivity index (χ1n) is 5.90. The van der Waals surface area contributed by atoms with Crippen LogP contribution in [0.25, 0.3) is 0 Å². The average molecular weight is 254 g/mol. The van der Waals surface area contributed by atoms with Crippen molar-refractivity contribution in [1.29, 1.82) is 0 Å². The van der Waals surface area contributed by atoms with E-state index in [0.717, 1.165) is 0 Å². The van der Waals surface area contributed by atoms with Crippen LogP contribution in [0.2, 0.25) is 0 Å². The summed E-state index contributed by atoms with van der Waals surface area (Å²) in [7, 11) is 0. The number of nitrogens with one attached hydrogen (secondary N) is 1. The summed E-state index contributed by atoms with van der Waals surface area (Å²) in [5, 5.41) is 2.88. The first-order chi connectivity index (χ1) is 8.28. The van der Waals surface area contributed by atoms with Crippen molar-refractivity contribution in [1.82, 2.24) is 0 Å². The number of rotatable bonds is 4. The lowest BCUT2D eigenvalue weighted by atomic mass is 9.93. The fourth-order valence-corrected chi connectivity index (χ4v) is 1.78. The standard InChI is InChI=1S/C14H20F2N2/c1-5-6-14(3,4)8-18-13-10(17)7-9(2)11(15)12(13)16/h5-7,18H,8,17H2,1-4H3/b6-5-. The van der Waals surface area contributed by atoms with E-state index < -0.39 is 11.6 Å². The minimum Gasteiger partial charge on any atom is -0.397 e. The zero-order chi connectivity index (χ0) is 13.9. The van der Waals surface area contributed by atoms with E-state index >= 15 is 0 Å². The molecule has 0 bridgehead atoms. The van der Waals surface area contributed by atoms with Crippen molar-refractivity contribution in [3.8, 4) is 0 Å². The van der Waals surface area contributed by atoms with E-state index in [4.69, 9.17) is 5.73 Å². The van der Waals surface area contributed by atoms with Crippen LogP contribution >= 0.6 is 0 Å². The molecule has 0 fully saturated rings. The molecule has 0 aliphatic rings. The van der Waals surface area contributed by atoms with Gasteiger partial charge in [0.2, 0.25) is 0 Å². The molecule has 1 rings (SSSR count). The predicted octanol–water partition coefficient (Wildman–Crippen LogP) is 3.87. The number of nitrogens with two attached hydrogens (primary N) is 1. The Bertz CT molecular complexity index is 465. The molecule has 0 radical (unpaired) electrons. The average Bonchev–Trinajstić information content (AvgIpc) is 2.25. The van der Waals surface area contributed by atoms with E-state index in [0.29, 0.717) is 6.54 Å². The quantitative estimate of drug-likeness (QED) is 0.632. The molecule has 0 saturated heterocycles. The van der Waals surface area contributed by atoms with Gasteiger partial charge in [-0.05, 0) is 30.9 Å². The first kappa shape index (κ1) is 14.5. The Hall–Kier alpha value is -1.58. The van der Waals surface area contributed by atoms with Crippen LogP contribution < -0.4 is 11.1 Å². The minimum absolute atomic E-state index is 0.0377. The Kier molecular flexibility index (Phi) is 4.33. The van der Waals surface area contributed by atoms with Gasteiger partial charge in [0.15, 0.2) is 11.6 Å². The summed E-state index contributed by atoms with van der Waals surface area (Å²) in [4.78, 5) is 0. The topological polar surface area (TPSA) is 38.0 Å². The highest BCUT2D eigenvalue weighted by atomic mass is 19.2. The first-order valence-corrected chi connectivity index (χ1v) is 5.90. The van der Waals surface area contributed by atoms with Gasteiger partial charge in [-0.2, -0.15) is 0 Å². The normalized spacial score (nSPS) is 12.1. The second-order valence-corrected chi connectivity index (χ2v) is 5.13. The number of anilines is 2. The second kappa shape index (κ2) is 5.38. The van der Waals surface area contributed by atoms with Gasteiger partial charge in [-0.1, -0.05) is 26.0 Å². The molecule has 0 spiro atoms. The molecule has 0 aliphatic carbocycles. The largest absolute Gasteiger partial charge is 0.397 e. The van der Waals surface area contributed by atoms with Gasteiger partial charge in [0.25, 0.3) is 0 Å². The maximum atomic E-state index is 13.7. The molecule has 100 valence electrons. The second-order valence-electron chi connectivity index (χ2n) is 5.13. The van der Waals surface area contributed by atoms with Crippen molar-refractivity contribution in [3.05, 3.63) is 35.4 Å². The van der Waals surface area contributed by atoms with Crippen LogP contribution in [0, 0.1) is 24.0 Å². The highest BCUT2D eigenvalue weighted by molar-refractivity contribution is 5.68. The number of halogens is 2. The van der Waals surface area contributed by atoms with Crippen LogP contribution in [0.4, 0.5) is 20.2 Å². The summed E-state index contributed by atoms with van der Waals surface area (Å²) in [5.41, 5.74) is 6.02. The van der Waals surface area contributed by atoms with Gasteiger partial charge < -0.3 is 11.1 Å². The lowest BCUT2D eigenvalue weighted by Gasteiger charge is -2.22. The van der Waals surface area contributed by atoms with Crippen LogP contribution in [-0.2, 0) is 0 Å². The molecule has 2 nitrogen and oxygen atoms in total. The van der Waals surface area contributed by atoms with Gasteiger partial charge >= 0.3 is 0 Å². The number of nitrogen functional groups attached to an aromatic ring is 1. The van der Waals surface area contributed by atoms with Crippen molar-refractivity contribution in [2.45, 2.75) is 27.7 Å². The number of allylic oxidation sites excluding steroid dienone is 1. The molecule has 0 aromatic heterocycles. The summed E-state index contributed by atoms with van der Waals surface area (Å²) < 4.78 is 27.2. The lowest BCUT2D eigenvalue weighted by molar-refractivity contribution is 0.493. The molecule has 0 saturated carbocycles. The summed E-state index contributed by atoms with van der Waals surface area (Å²) in [6, 6.07) is 1.43. The van der Waals surface area contributed by atoms with Crippen molar-refractivity contribution >= 4 is 11.4 Å². The third kappa shape index (κ3) is 3.22. The summed E-state index contributed by atoms with van der Waals surface area (Å²) in [5.74, 6) is -1.76. The number of aryl methyl sites for hydroxylation is 1. The molecule has 0 unspecified atom stereocenters. The molecule has 0 atom stereocenters. The molecule has 0 heterocycles. The Morgan fingerprint density at radius 1 is 1.33 bits per heavy atom. The third-order valence-electron chi connectivity index (χ3n) is 2.76. The Balaban J connectivity index is 2.96. The Morgan fingerprint density at radius 3 is 2.50 bits per heavy atom. The maximum Gasteiger partial charge on any atom is 0.184 e. The monoisotopic (exact) mass is 254 g/mol. The fraction of sp³-hybridized carbons (Fsp3) is 0.429. The smallest absolute Gasteiger partial charge is 0.184 e. The Labute approximate surface area is 107 Å². The van der Waals surface area contributed by atoms with E-state index in [1.165, 1.54) is 13.0 Å². The molecule has 1 aromatic rings. The van der Waals surface area contributed by atoms with Gasteiger partial charge in [0.05, 0.1) is 11.4 Å². The van der Waals surface area contributed by atoms with E-state index in [2.05, 4.69) is 5.32 Å². The SMILES string of the molecule is C/C=C\C(C)(C)CNc1c(N)cc(C)c(F)c1F. The molecule has 0 aliphatic heterocycles. The molecule has 0 amide bonds. The number of hydrogen-bond acceptors (Lipinski definition) is 2. The Morgan fingerprint density at radius 2 is 1.94 bits per heavy atom. The van der Waals surface area contributed by atoms with Gasteiger partial charge in [0, 0.05) is 6.54 Å². The van der Waals surface area contributed by atoms with Gasteiger partial charge in [-0.3, -0.25) is 0 Å². The summed E-state index contributed by atoms with van der Waals surface area (Å²) in [6.45, 7) is 7.88.